The summed E-state index contributed by atoms with van der Waals surface area (Å²) in [5, 5.41) is 7.64. The molecule has 1 aromatic carbocycles. The van der Waals surface area contributed by atoms with E-state index in [4.69, 9.17) is 9.26 Å². The molecule has 2 heterocycles. The van der Waals surface area contributed by atoms with Crippen molar-refractivity contribution in [3.63, 3.8) is 0 Å². The molecule has 5 heteroatoms. The summed E-state index contributed by atoms with van der Waals surface area (Å²) < 4.78 is 11.4. The van der Waals surface area contributed by atoms with E-state index in [0.29, 0.717) is 17.8 Å². The van der Waals surface area contributed by atoms with Gasteiger partial charge in [-0.3, -0.25) is 0 Å². The first kappa shape index (κ1) is 16.7. The molecule has 5 nitrogen and oxygen atoms in total. The largest absolute Gasteiger partial charge is 0.364 e. The van der Waals surface area contributed by atoms with Gasteiger partial charge in [-0.05, 0) is 50.5 Å². The zero-order valence-corrected chi connectivity index (χ0v) is 14.9. The third-order valence-electron chi connectivity index (χ3n) is 5.53. The second-order valence-corrected chi connectivity index (χ2v) is 7.40. The minimum atomic E-state index is -0.0308. The molecule has 2 aliphatic rings. The normalized spacial score (nSPS) is 29.3. The molecule has 0 spiro atoms. The van der Waals surface area contributed by atoms with E-state index >= 15 is 0 Å². The molecular formula is C20H27N3O2. The lowest BCUT2D eigenvalue weighted by Crippen LogP contribution is -2.38. The highest BCUT2D eigenvalue weighted by molar-refractivity contribution is 5.16. The standard InChI is InChI=1S/C20H27N3O2/c1-14-22-20(25-23-14)19-11-10-17(24-19)13-21-18-9-5-8-16(18)12-15-6-3-2-4-7-15/h2-4,6-7,16-19,21H,5,8-13H2,1H3/t16-,17-,18+,19+/m1/s1. The molecule has 1 aliphatic heterocycles. The Morgan fingerprint density at radius 2 is 2.00 bits per heavy atom. The van der Waals surface area contributed by atoms with E-state index in [2.05, 4.69) is 45.8 Å². The molecule has 1 aliphatic carbocycles. The van der Waals surface area contributed by atoms with Crippen LogP contribution in [0, 0.1) is 12.8 Å². The average molecular weight is 341 g/mol. The molecule has 0 radical (unpaired) electrons. The van der Waals surface area contributed by atoms with Crippen LogP contribution in [0.1, 0.15) is 55.5 Å². The molecular weight excluding hydrogens is 314 g/mol. The maximum Gasteiger partial charge on any atom is 0.255 e. The smallest absolute Gasteiger partial charge is 0.255 e. The average Bonchev–Trinajstić information content (AvgIpc) is 3.35. The van der Waals surface area contributed by atoms with Gasteiger partial charge in [0, 0.05) is 12.6 Å². The fourth-order valence-corrected chi connectivity index (χ4v) is 4.23. The minimum absolute atomic E-state index is 0.0308. The number of nitrogens with one attached hydrogen (secondary N) is 1. The van der Waals surface area contributed by atoms with Crippen LogP contribution in [0.2, 0.25) is 0 Å². The summed E-state index contributed by atoms with van der Waals surface area (Å²) >= 11 is 0. The van der Waals surface area contributed by atoms with Gasteiger partial charge in [0.15, 0.2) is 5.82 Å². The summed E-state index contributed by atoms with van der Waals surface area (Å²) in [4.78, 5) is 4.30. The van der Waals surface area contributed by atoms with E-state index in [1.54, 1.807) is 0 Å². The highest BCUT2D eigenvalue weighted by Gasteiger charge is 2.32. The third kappa shape index (κ3) is 4.10. The van der Waals surface area contributed by atoms with Gasteiger partial charge in [0.05, 0.1) is 6.10 Å². The van der Waals surface area contributed by atoms with Gasteiger partial charge in [0.2, 0.25) is 0 Å². The molecule has 4 rings (SSSR count). The summed E-state index contributed by atoms with van der Waals surface area (Å²) in [6.45, 7) is 2.76. The Hall–Kier alpha value is -1.72. The van der Waals surface area contributed by atoms with Crippen LogP contribution in [0.3, 0.4) is 0 Å². The van der Waals surface area contributed by atoms with Crippen LogP contribution in [0.5, 0.6) is 0 Å². The molecule has 1 saturated carbocycles. The Morgan fingerprint density at radius 3 is 2.80 bits per heavy atom. The van der Waals surface area contributed by atoms with E-state index in [0.717, 1.165) is 25.3 Å². The third-order valence-corrected chi connectivity index (χ3v) is 5.53. The zero-order chi connectivity index (χ0) is 17.1. The van der Waals surface area contributed by atoms with Crippen LogP contribution in [0.25, 0.3) is 0 Å². The summed E-state index contributed by atoms with van der Waals surface area (Å²) in [6, 6.07) is 11.5. The number of aryl methyl sites for hydroxylation is 1. The van der Waals surface area contributed by atoms with E-state index in [1.165, 1.54) is 31.2 Å². The van der Waals surface area contributed by atoms with Gasteiger partial charge in [0.1, 0.15) is 6.10 Å². The fourth-order valence-electron chi connectivity index (χ4n) is 4.23. The van der Waals surface area contributed by atoms with Crippen LogP contribution >= 0.6 is 0 Å². The number of rotatable bonds is 6. The molecule has 134 valence electrons. The number of ether oxygens (including phenoxy) is 1. The van der Waals surface area contributed by atoms with Gasteiger partial charge >= 0.3 is 0 Å². The fraction of sp³-hybridized carbons (Fsp3) is 0.600. The SMILES string of the molecule is Cc1noc([C@@H]2CC[C@H](CN[C@H]3CCC[C@@H]3Cc3ccccc3)O2)n1. The van der Waals surface area contributed by atoms with Gasteiger partial charge in [-0.1, -0.05) is 41.9 Å². The monoisotopic (exact) mass is 341 g/mol. The van der Waals surface area contributed by atoms with E-state index in [9.17, 15) is 0 Å². The highest BCUT2D eigenvalue weighted by Crippen LogP contribution is 2.33. The number of nitrogens with zero attached hydrogens (tertiary/aromatic N) is 2. The number of hydrogen-bond acceptors (Lipinski definition) is 5. The minimum Gasteiger partial charge on any atom is -0.364 e. The van der Waals surface area contributed by atoms with Crippen molar-refractivity contribution >= 4 is 0 Å². The molecule has 2 fully saturated rings. The zero-order valence-electron chi connectivity index (χ0n) is 14.9. The number of benzene rings is 1. The first-order valence-electron chi connectivity index (χ1n) is 9.51. The summed E-state index contributed by atoms with van der Waals surface area (Å²) in [7, 11) is 0. The van der Waals surface area contributed by atoms with E-state index < -0.39 is 0 Å². The van der Waals surface area contributed by atoms with Crippen LogP contribution in [0.15, 0.2) is 34.9 Å². The van der Waals surface area contributed by atoms with Crippen molar-refractivity contribution in [2.24, 2.45) is 5.92 Å². The molecule has 2 aromatic rings. The van der Waals surface area contributed by atoms with Crippen LogP contribution in [-0.2, 0) is 11.2 Å². The van der Waals surface area contributed by atoms with Gasteiger partial charge < -0.3 is 14.6 Å². The Bertz CT molecular complexity index is 673. The second kappa shape index (κ2) is 7.67. The number of hydrogen-bond donors (Lipinski definition) is 1. The van der Waals surface area contributed by atoms with Gasteiger partial charge in [-0.2, -0.15) is 4.98 Å². The van der Waals surface area contributed by atoms with Gasteiger partial charge in [-0.25, -0.2) is 0 Å². The molecule has 25 heavy (non-hydrogen) atoms. The van der Waals surface area contributed by atoms with Crippen molar-refractivity contribution in [1.29, 1.82) is 0 Å². The Morgan fingerprint density at radius 1 is 1.12 bits per heavy atom. The van der Waals surface area contributed by atoms with Crippen LogP contribution < -0.4 is 5.32 Å². The lowest BCUT2D eigenvalue weighted by molar-refractivity contribution is 0.0246. The van der Waals surface area contributed by atoms with Crippen molar-refractivity contribution < 1.29 is 9.26 Å². The predicted octanol–water partition coefficient (Wildman–Crippen LogP) is 3.60. The Kier molecular flexibility index (Phi) is 5.13. The van der Waals surface area contributed by atoms with Crippen molar-refractivity contribution in [2.45, 2.75) is 63.7 Å². The van der Waals surface area contributed by atoms with Crippen LogP contribution in [0.4, 0.5) is 0 Å². The van der Waals surface area contributed by atoms with E-state index in [1.807, 2.05) is 6.92 Å². The topological polar surface area (TPSA) is 60.2 Å². The summed E-state index contributed by atoms with van der Waals surface area (Å²) in [5.41, 5.74) is 1.45. The lowest BCUT2D eigenvalue weighted by Gasteiger charge is -2.23. The molecule has 0 bridgehead atoms. The Labute approximate surface area is 149 Å². The Balaban J connectivity index is 1.26. The molecule has 0 amide bonds. The molecule has 0 unspecified atom stereocenters. The van der Waals surface area contributed by atoms with Crippen molar-refractivity contribution in [3.05, 3.63) is 47.6 Å². The van der Waals surface area contributed by atoms with Crippen molar-refractivity contribution in [3.8, 4) is 0 Å². The highest BCUT2D eigenvalue weighted by atomic mass is 16.5. The first-order chi connectivity index (χ1) is 12.3. The first-order valence-corrected chi connectivity index (χ1v) is 9.51. The number of aromatic nitrogens is 2. The maximum atomic E-state index is 6.12. The molecule has 1 saturated heterocycles. The van der Waals surface area contributed by atoms with Gasteiger partial charge in [-0.15, -0.1) is 0 Å². The van der Waals surface area contributed by atoms with Crippen LogP contribution in [-0.4, -0.2) is 28.8 Å². The molecule has 1 N–H and O–H groups in total. The molecule has 4 atom stereocenters. The quantitative estimate of drug-likeness (QED) is 0.870. The van der Waals surface area contributed by atoms with Crippen molar-refractivity contribution in [2.75, 3.05) is 6.54 Å². The van der Waals surface area contributed by atoms with Gasteiger partial charge in [0.25, 0.3) is 5.89 Å². The van der Waals surface area contributed by atoms with E-state index in [-0.39, 0.29) is 12.2 Å². The maximum absolute atomic E-state index is 6.12. The summed E-state index contributed by atoms with van der Waals surface area (Å²) in [6.07, 6.45) is 7.32. The summed E-state index contributed by atoms with van der Waals surface area (Å²) in [5.74, 6) is 2.04. The second-order valence-electron chi connectivity index (χ2n) is 7.40. The molecule has 1 aromatic heterocycles. The van der Waals surface area contributed by atoms with Crippen molar-refractivity contribution in [1.82, 2.24) is 15.5 Å². The predicted molar refractivity (Wildman–Crippen MR) is 95.2 cm³/mol. The lowest BCUT2D eigenvalue weighted by atomic mass is 9.94.